The zero-order valence-corrected chi connectivity index (χ0v) is 19.3. The zero-order valence-electron chi connectivity index (χ0n) is 18.4. The minimum Gasteiger partial charge on any atom is -0.495 e. The molecule has 1 amide bonds. The third kappa shape index (κ3) is 5.74. The summed E-state index contributed by atoms with van der Waals surface area (Å²) in [4.78, 5) is 19.5. The summed E-state index contributed by atoms with van der Waals surface area (Å²) < 4.78 is 33.6. The third-order valence-electron chi connectivity index (χ3n) is 4.85. The monoisotopic (exact) mass is 446 g/mol. The molecule has 1 aliphatic heterocycles. The lowest BCUT2D eigenvalue weighted by Crippen LogP contribution is -2.40. The van der Waals surface area contributed by atoms with E-state index in [1.165, 1.54) is 25.7 Å². The fraction of sp³-hybridized carbons (Fsp3) is 0.455. The molecule has 1 aromatic carbocycles. The van der Waals surface area contributed by atoms with E-state index in [1.807, 2.05) is 0 Å². The van der Waals surface area contributed by atoms with Crippen LogP contribution < -0.4 is 19.7 Å². The maximum atomic E-state index is 13.0. The number of pyridine rings is 1. The summed E-state index contributed by atoms with van der Waals surface area (Å²) in [6.45, 7) is 7.03. The van der Waals surface area contributed by atoms with Gasteiger partial charge < -0.3 is 15.0 Å². The van der Waals surface area contributed by atoms with Crippen molar-refractivity contribution in [3.63, 3.8) is 0 Å². The zero-order chi connectivity index (χ0) is 22.6. The number of amides is 1. The number of hydrogen-bond donors (Lipinski definition) is 2. The highest BCUT2D eigenvalue weighted by Crippen LogP contribution is 2.29. The number of rotatable bonds is 6. The standard InChI is InChI=1S/C22H30N4O4S/c1-22(2,3)25-31(28,29)19-15-16(10-11-18(19)30-4)21(27)24-17-9-8-12-23-20(17)26-13-6-5-7-14-26/h8-12,15,25H,5-7,13-14H2,1-4H3,(H,24,27). The predicted molar refractivity (Wildman–Crippen MR) is 121 cm³/mol. The van der Waals surface area contributed by atoms with Crippen molar-refractivity contribution in [3.05, 3.63) is 42.1 Å². The molecule has 31 heavy (non-hydrogen) atoms. The molecule has 0 spiro atoms. The summed E-state index contributed by atoms with van der Waals surface area (Å²) in [5.41, 5.74) is 0.132. The summed E-state index contributed by atoms with van der Waals surface area (Å²) in [5, 5.41) is 2.89. The highest BCUT2D eigenvalue weighted by Gasteiger charge is 2.27. The lowest BCUT2D eigenvalue weighted by atomic mass is 10.1. The molecule has 0 saturated carbocycles. The van der Waals surface area contributed by atoms with Crippen molar-refractivity contribution in [1.29, 1.82) is 0 Å². The average molecular weight is 447 g/mol. The maximum absolute atomic E-state index is 13.0. The van der Waals surface area contributed by atoms with E-state index < -0.39 is 21.5 Å². The van der Waals surface area contributed by atoms with Gasteiger partial charge in [0, 0.05) is 30.4 Å². The van der Waals surface area contributed by atoms with Gasteiger partial charge in [-0.25, -0.2) is 18.1 Å². The molecular formula is C22H30N4O4S. The van der Waals surface area contributed by atoms with Crippen LogP contribution in [0.3, 0.4) is 0 Å². The summed E-state index contributed by atoms with van der Waals surface area (Å²) >= 11 is 0. The van der Waals surface area contributed by atoms with Gasteiger partial charge in [0.15, 0.2) is 5.82 Å². The lowest BCUT2D eigenvalue weighted by Gasteiger charge is -2.29. The normalized spacial score (nSPS) is 14.9. The van der Waals surface area contributed by atoms with Gasteiger partial charge >= 0.3 is 0 Å². The van der Waals surface area contributed by atoms with Gasteiger partial charge in [-0.1, -0.05) is 0 Å². The van der Waals surface area contributed by atoms with Crippen LogP contribution in [0, 0.1) is 0 Å². The number of piperidine rings is 1. The molecule has 9 heteroatoms. The molecule has 0 aliphatic carbocycles. The molecule has 0 radical (unpaired) electrons. The van der Waals surface area contributed by atoms with Crippen molar-refractivity contribution in [3.8, 4) is 5.75 Å². The predicted octanol–water partition coefficient (Wildman–Crippen LogP) is 3.41. The number of hydrogen-bond acceptors (Lipinski definition) is 6. The van der Waals surface area contributed by atoms with Crippen LogP contribution in [0.15, 0.2) is 41.4 Å². The van der Waals surface area contributed by atoms with Crippen molar-refractivity contribution in [2.45, 2.75) is 50.5 Å². The van der Waals surface area contributed by atoms with Gasteiger partial charge in [-0.3, -0.25) is 4.79 Å². The van der Waals surface area contributed by atoms with Crippen LogP contribution in [0.1, 0.15) is 50.4 Å². The molecule has 0 bridgehead atoms. The first-order chi connectivity index (χ1) is 14.6. The molecule has 0 unspecified atom stereocenters. The highest BCUT2D eigenvalue weighted by atomic mass is 32.2. The minimum absolute atomic E-state index is 0.0833. The van der Waals surface area contributed by atoms with E-state index in [-0.39, 0.29) is 16.2 Å². The first-order valence-electron chi connectivity index (χ1n) is 10.3. The van der Waals surface area contributed by atoms with Crippen molar-refractivity contribution >= 4 is 27.4 Å². The van der Waals surface area contributed by atoms with E-state index in [1.54, 1.807) is 45.2 Å². The van der Waals surface area contributed by atoms with Gasteiger partial charge in [0.25, 0.3) is 5.91 Å². The molecule has 1 saturated heterocycles. The van der Waals surface area contributed by atoms with Crippen molar-refractivity contribution in [1.82, 2.24) is 9.71 Å². The third-order valence-corrected chi connectivity index (χ3v) is 6.63. The Labute approximate surface area is 184 Å². The van der Waals surface area contributed by atoms with Crippen LogP contribution in [0.25, 0.3) is 0 Å². The number of ether oxygens (including phenoxy) is 1. The van der Waals surface area contributed by atoms with Crippen LogP contribution in [0.4, 0.5) is 11.5 Å². The maximum Gasteiger partial charge on any atom is 0.255 e. The summed E-state index contributed by atoms with van der Waals surface area (Å²) in [5.74, 6) is 0.483. The summed E-state index contributed by atoms with van der Waals surface area (Å²) in [6, 6.07) is 7.93. The number of carbonyl (C=O) groups excluding carboxylic acids is 1. The second-order valence-electron chi connectivity index (χ2n) is 8.60. The molecule has 1 aliphatic rings. The Hall–Kier alpha value is -2.65. The van der Waals surface area contributed by atoms with Gasteiger partial charge in [-0.2, -0.15) is 0 Å². The quantitative estimate of drug-likeness (QED) is 0.705. The number of sulfonamides is 1. The van der Waals surface area contributed by atoms with Gasteiger partial charge in [0.2, 0.25) is 10.0 Å². The number of benzene rings is 1. The second-order valence-corrected chi connectivity index (χ2v) is 10.2. The smallest absolute Gasteiger partial charge is 0.255 e. The van der Waals surface area contributed by atoms with E-state index in [2.05, 4.69) is 19.9 Å². The second kappa shape index (κ2) is 9.23. The first-order valence-corrected chi connectivity index (χ1v) is 11.8. The molecule has 2 N–H and O–H groups in total. The van der Waals surface area contributed by atoms with Crippen molar-refractivity contribution in [2.75, 3.05) is 30.4 Å². The minimum atomic E-state index is -3.89. The van der Waals surface area contributed by atoms with Crippen molar-refractivity contribution < 1.29 is 17.9 Å². The molecule has 1 fully saturated rings. The van der Waals surface area contributed by atoms with Gasteiger partial charge in [0.05, 0.1) is 12.8 Å². The number of nitrogens with zero attached hydrogens (tertiary/aromatic N) is 2. The van der Waals surface area contributed by atoms with Crippen LogP contribution in [0.5, 0.6) is 5.75 Å². The van der Waals surface area contributed by atoms with Crippen LogP contribution in [-0.2, 0) is 10.0 Å². The van der Waals surface area contributed by atoms with E-state index in [0.717, 1.165) is 31.7 Å². The fourth-order valence-corrected chi connectivity index (χ4v) is 5.15. The van der Waals surface area contributed by atoms with E-state index in [0.29, 0.717) is 5.69 Å². The molecule has 168 valence electrons. The van der Waals surface area contributed by atoms with Gasteiger partial charge in [-0.15, -0.1) is 0 Å². The Balaban J connectivity index is 1.90. The van der Waals surface area contributed by atoms with E-state index >= 15 is 0 Å². The Morgan fingerprint density at radius 3 is 2.48 bits per heavy atom. The molecule has 0 atom stereocenters. The summed E-state index contributed by atoms with van der Waals surface area (Å²) in [7, 11) is -2.50. The Kier molecular flexibility index (Phi) is 6.86. The number of nitrogens with one attached hydrogen (secondary N) is 2. The topological polar surface area (TPSA) is 101 Å². The van der Waals surface area contributed by atoms with E-state index in [4.69, 9.17) is 4.74 Å². The fourth-order valence-electron chi connectivity index (χ4n) is 3.53. The van der Waals surface area contributed by atoms with Crippen LogP contribution in [0.2, 0.25) is 0 Å². The van der Waals surface area contributed by atoms with E-state index in [9.17, 15) is 13.2 Å². The van der Waals surface area contributed by atoms with Gasteiger partial charge in [0.1, 0.15) is 10.6 Å². The number of methoxy groups -OCH3 is 1. The molecule has 3 rings (SSSR count). The molecule has 1 aromatic heterocycles. The largest absolute Gasteiger partial charge is 0.495 e. The average Bonchev–Trinajstić information content (AvgIpc) is 2.72. The number of carbonyl (C=O) groups is 1. The van der Waals surface area contributed by atoms with Gasteiger partial charge in [-0.05, 0) is 70.4 Å². The first kappa shape index (κ1) is 23.0. The Morgan fingerprint density at radius 1 is 1.13 bits per heavy atom. The number of aromatic nitrogens is 1. The summed E-state index contributed by atoms with van der Waals surface area (Å²) in [6.07, 6.45) is 5.07. The lowest BCUT2D eigenvalue weighted by molar-refractivity contribution is 0.102. The molecular weight excluding hydrogens is 416 g/mol. The Bertz CT molecular complexity index is 1040. The van der Waals surface area contributed by atoms with Crippen LogP contribution in [-0.4, -0.2) is 45.0 Å². The molecule has 8 nitrogen and oxygen atoms in total. The number of anilines is 2. The SMILES string of the molecule is COc1ccc(C(=O)Nc2cccnc2N2CCCCC2)cc1S(=O)(=O)NC(C)(C)C. The molecule has 2 aromatic rings. The van der Waals surface area contributed by atoms with Crippen LogP contribution >= 0.6 is 0 Å². The Morgan fingerprint density at radius 2 is 1.84 bits per heavy atom. The van der Waals surface area contributed by atoms with Crippen molar-refractivity contribution in [2.24, 2.45) is 0 Å². The highest BCUT2D eigenvalue weighted by molar-refractivity contribution is 7.89. The molecule has 2 heterocycles.